The Kier molecular flexibility index (Phi) is 4.35. The highest BCUT2D eigenvalue weighted by Gasteiger charge is 2.35. The van der Waals surface area contributed by atoms with Gasteiger partial charge in [0.2, 0.25) is 5.82 Å². The SMILES string of the molecule is O=C(c1ccc2nc(C(F)(F)F)[nH]c2c1)N1CCO[C@H](c2ccccc2)C1. The summed E-state index contributed by atoms with van der Waals surface area (Å²) >= 11 is 0. The van der Waals surface area contributed by atoms with Crippen LogP contribution in [-0.4, -0.2) is 40.5 Å². The predicted molar refractivity (Wildman–Crippen MR) is 92.1 cm³/mol. The molecule has 140 valence electrons. The van der Waals surface area contributed by atoms with Crippen molar-refractivity contribution in [2.45, 2.75) is 12.3 Å². The number of aromatic nitrogens is 2. The van der Waals surface area contributed by atoms with Gasteiger partial charge in [0.15, 0.2) is 0 Å². The van der Waals surface area contributed by atoms with Crippen LogP contribution in [0.15, 0.2) is 48.5 Å². The van der Waals surface area contributed by atoms with Crippen molar-refractivity contribution in [1.82, 2.24) is 14.9 Å². The van der Waals surface area contributed by atoms with E-state index in [2.05, 4.69) is 9.97 Å². The normalized spacial score (nSPS) is 18.0. The Bertz CT molecular complexity index is 969. The molecular formula is C19H16F3N3O2. The number of nitrogens with one attached hydrogen (secondary N) is 1. The summed E-state index contributed by atoms with van der Waals surface area (Å²) in [4.78, 5) is 20.3. The van der Waals surface area contributed by atoms with Crippen molar-refractivity contribution in [3.8, 4) is 0 Å². The first-order chi connectivity index (χ1) is 12.9. The summed E-state index contributed by atoms with van der Waals surface area (Å²) < 4.78 is 44.1. The summed E-state index contributed by atoms with van der Waals surface area (Å²) in [5.41, 5.74) is 1.64. The highest BCUT2D eigenvalue weighted by atomic mass is 19.4. The summed E-state index contributed by atoms with van der Waals surface area (Å²) in [6.45, 7) is 1.21. The molecule has 1 atom stereocenters. The summed E-state index contributed by atoms with van der Waals surface area (Å²) in [6, 6.07) is 13.9. The van der Waals surface area contributed by atoms with Crippen LogP contribution in [0, 0.1) is 0 Å². The number of aromatic amines is 1. The lowest BCUT2D eigenvalue weighted by molar-refractivity contribution is -0.144. The van der Waals surface area contributed by atoms with E-state index in [0.29, 0.717) is 25.3 Å². The summed E-state index contributed by atoms with van der Waals surface area (Å²) in [7, 11) is 0. The van der Waals surface area contributed by atoms with Gasteiger partial charge in [0.05, 0.1) is 24.2 Å². The molecule has 0 aliphatic carbocycles. The van der Waals surface area contributed by atoms with Crippen LogP contribution in [0.2, 0.25) is 0 Å². The lowest BCUT2D eigenvalue weighted by Crippen LogP contribution is -2.42. The van der Waals surface area contributed by atoms with Gasteiger partial charge in [0, 0.05) is 12.1 Å². The van der Waals surface area contributed by atoms with E-state index in [-0.39, 0.29) is 23.0 Å². The molecule has 1 aliphatic heterocycles. The number of alkyl halides is 3. The first-order valence-electron chi connectivity index (χ1n) is 8.44. The van der Waals surface area contributed by atoms with Crippen LogP contribution >= 0.6 is 0 Å². The fraction of sp³-hybridized carbons (Fsp3) is 0.263. The number of rotatable bonds is 2. The van der Waals surface area contributed by atoms with Gasteiger partial charge in [-0.05, 0) is 23.8 Å². The Labute approximate surface area is 152 Å². The number of H-pyrrole nitrogens is 1. The number of hydrogen-bond donors (Lipinski definition) is 1. The molecule has 0 spiro atoms. The van der Waals surface area contributed by atoms with E-state index >= 15 is 0 Å². The third-order valence-electron chi connectivity index (χ3n) is 4.52. The molecule has 1 aliphatic rings. The molecule has 4 rings (SSSR count). The molecule has 8 heteroatoms. The first-order valence-corrected chi connectivity index (χ1v) is 8.44. The number of fused-ring (bicyclic) bond motifs is 1. The minimum absolute atomic E-state index is 0.169. The first kappa shape index (κ1) is 17.5. The lowest BCUT2D eigenvalue weighted by Gasteiger charge is -2.33. The number of hydrogen-bond acceptors (Lipinski definition) is 3. The average molecular weight is 375 g/mol. The van der Waals surface area contributed by atoms with E-state index in [0.717, 1.165) is 5.56 Å². The van der Waals surface area contributed by atoms with Crippen LogP contribution in [0.25, 0.3) is 11.0 Å². The number of carbonyl (C=O) groups is 1. The maximum atomic E-state index is 12.8. The fourth-order valence-electron chi connectivity index (χ4n) is 3.16. The zero-order valence-electron chi connectivity index (χ0n) is 14.2. The number of amides is 1. The largest absolute Gasteiger partial charge is 0.449 e. The Balaban J connectivity index is 1.56. The molecular weight excluding hydrogens is 359 g/mol. The molecule has 27 heavy (non-hydrogen) atoms. The van der Waals surface area contributed by atoms with E-state index in [4.69, 9.17) is 4.74 Å². The highest BCUT2D eigenvalue weighted by Crippen LogP contribution is 2.29. The predicted octanol–water partition coefficient (Wildman–Crippen LogP) is 3.80. The Morgan fingerprint density at radius 1 is 1.19 bits per heavy atom. The molecule has 1 fully saturated rings. The van der Waals surface area contributed by atoms with Gasteiger partial charge >= 0.3 is 6.18 Å². The number of nitrogens with zero attached hydrogens (tertiary/aromatic N) is 2. The molecule has 1 N–H and O–H groups in total. The number of benzene rings is 2. The molecule has 0 bridgehead atoms. The van der Waals surface area contributed by atoms with Crippen molar-refractivity contribution in [2.75, 3.05) is 19.7 Å². The summed E-state index contributed by atoms with van der Waals surface area (Å²) in [5.74, 6) is -1.32. The van der Waals surface area contributed by atoms with Gasteiger partial charge in [0.1, 0.15) is 6.10 Å². The van der Waals surface area contributed by atoms with Gasteiger partial charge in [-0.1, -0.05) is 30.3 Å². The molecule has 0 unspecified atom stereocenters. The molecule has 3 aromatic rings. The van der Waals surface area contributed by atoms with Crippen LogP contribution in [0.1, 0.15) is 27.8 Å². The van der Waals surface area contributed by atoms with E-state index in [1.807, 2.05) is 30.3 Å². The van der Waals surface area contributed by atoms with Crippen molar-refractivity contribution in [1.29, 1.82) is 0 Å². The van der Waals surface area contributed by atoms with Crippen LogP contribution in [0.5, 0.6) is 0 Å². The Morgan fingerprint density at radius 3 is 2.70 bits per heavy atom. The van der Waals surface area contributed by atoms with Gasteiger partial charge in [-0.25, -0.2) is 4.98 Å². The lowest BCUT2D eigenvalue weighted by atomic mass is 10.1. The van der Waals surface area contributed by atoms with E-state index < -0.39 is 12.0 Å². The number of ether oxygens (including phenoxy) is 1. The van der Waals surface area contributed by atoms with Gasteiger partial charge in [-0.2, -0.15) is 13.2 Å². The van der Waals surface area contributed by atoms with Crippen molar-refractivity contribution in [2.24, 2.45) is 0 Å². The molecule has 2 aromatic carbocycles. The number of morpholine rings is 1. The van der Waals surface area contributed by atoms with Gasteiger partial charge in [-0.3, -0.25) is 4.79 Å². The molecule has 1 aromatic heterocycles. The molecule has 1 amide bonds. The van der Waals surface area contributed by atoms with Crippen LogP contribution in [0.4, 0.5) is 13.2 Å². The number of halogens is 3. The number of carbonyl (C=O) groups excluding carboxylic acids is 1. The third-order valence-corrected chi connectivity index (χ3v) is 4.52. The Morgan fingerprint density at radius 2 is 1.96 bits per heavy atom. The van der Waals surface area contributed by atoms with Crippen LogP contribution in [-0.2, 0) is 10.9 Å². The molecule has 5 nitrogen and oxygen atoms in total. The second kappa shape index (κ2) is 6.70. The average Bonchev–Trinajstić information content (AvgIpc) is 3.12. The quantitative estimate of drug-likeness (QED) is 0.741. The maximum Gasteiger partial charge on any atom is 0.449 e. The van der Waals surface area contributed by atoms with E-state index in [1.54, 1.807) is 4.90 Å². The van der Waals surface area contributed by atoms with Crippen molar-refractivity contribution >= 4 is 16.9 Å². The highest BCUT2D eigenvalue weighted by molar-refractivity contribution is 5.97. The summed E-state index contributed by atoms with van der Waals surface area (Å²) in [6.07, 6.45) is -4.78. The number of imidazole rings is 1. The Hall–Kier alpha value is -2.87. The maximum absolute atomic E-state index is 12.8. The summed E-state index contributed by atoms with van der Waals surface area (Å²) in [5, 5.41) is 0. The molecule has 2 heterocycles. The molecule has 0 saturated carbocycles. The van der Waals surface area contributed by atoms with Crippen molar-refractivity contribution in [3.05, 3.63) is 65.5 Å². The minimum Gasteiger partial charge on any atom is -0.370 e. The second-order valence-electron chi connectivity index (χ2n) is 6.34. The zero-order valence-corrected chi connectivity index (χ0v) is 14.2. The molecule has 1 saturated heterocycles. The standard InChI is InChI=1S/C19H16F3N3O2/c20-19(21,22)18-23-14-7-6-13(10-15(14)24-18)17(26)25-8-9-27-16(11-25)12-4-2-1-3-5-12/h1-7,10,16H,8-9,11H2,(H,23,24)/t16-/m0/s1. The third kappa shape index (κ3) is 3.52. The van der Waals surface area contributed by atoms with Gasteiger partial charge < -0.3 is 14.6 Å². The van der Waals surface area contributed by atoms with Crippen LogP contribution in [0.3, 0.4) is 0 Å². The van der Waals surface area contributed by atoms with E-state index in [9.17, 15) is 18.0 Å². The van der Waals surface area contributed by atoms with Crippen molar-refractivity contribution < 1.29 is 22.7 Å². The second-order valence-corrected chi connectivity index (χ2v) is 6.34. The van der Waals surface area contributed by atoms with E-state index in [1.165, 1.54) is 18.2 Å². The van der Waals surface area contributed by atoms with Gasteiger partial charge in [0.25, 0.3) is 5.91 Å². The smallest absolute Gasteiger partial charge is 0.370 e. The monoisotopic (exact) mass is 375 g/mol. The molecule has 0 radical (unpaired) electrons. The van der Waals surface area contributed by atoms with Gasteiger partial charge in [-0.15, -0.1) is 0 Å². The zero-order chi connectivity index (χ0) is 19.0. The minimum atomic E-state index is -4.56. The van der Waals surface area contributed by atoms with Crippen molar-refractivity contribution in [3.63, 3.8) is 0 Å². The van der Waals surface area contributed by atoms with Crippen LogP contribution < -0.4 is 0 Å². The topological polar surface area (TPSA) is 58.2 Å². The fourth-order valence-corrected chi connectivity index (χ4v) is 3.16.